The van der Waals surface area contributed by atoms with Gasteiger partial charge in [-0.3, -0.25) is 4.79 Å². The molecule has 0 spiro atoms. The Morgan fingerprint density at radius 3 is 2.49 bits per heavy atom. The van der Waals surface area contributed by atoms with Crippen LogP contribution in [-0.2, 0) is 28.6 Å². The molecule has 0 radical (unpaired) electrons. The van der Waals surface area contributed by atoms with Gasteiger partial charge in [0, 0.05) is 17.7 Å². The number of amides is 1. The van der Waals surface area contributed by atoms with Crippen molar-refractivity contribution in [2.75, 3.05) is 5.75 Å². The smallest absolute Gasteiger partial charge is 0.395 e. The first-order valence-corrected chi connectivity index (χ1v) is 14.8. The van der Waals surface area contributed by atoms with Crippen LogP contribution in [0.4, 0.5) is 13.2 Å². The molecule has 214 valence electrons. The summed E-state index contributed by atoms with van der Waals surface area (Å²) in [5.74, 6) is -0.429. The Labute approximate surface area is 234 Å². The fourth-order valence-corrected chi connectivity index (χ4v) is 5.95. The standard InChI is InChI=1S/C29H26F3N3O5S/c1-2-41(37,38)21-10-7-18(8-11-21)16-33-26(36)19-9-12-23-22(15-19)34-27(28(30)13-4-14-28)35(23)17-20-5-3-6-24-25(20)40-29(31,32)39-24/h3,5-12,15H,2,4,13-14,16-17H2,1H3,(H,33,36). The lowest BCUT2D eigenvalue weighted by Crippen LogP contribution is -2.32. The van der Waals surface area contributed by atoms with Crippen molar-refractivity contribution >= 4 is 26.8 Å². The highest BCUT2D eigenvalue weighted by Gasteiger charge is 2.46. The Hall–Kier alpha value is -4.06. The summed E-state index contributed by atoms with van der Waals surface area (Å²) in [5.41, 5.74) is 0.660. The summed E-state index contributed by atoms with van der Waals surface area (Å²) in [6.45, 7) is 1.75. The second-order valence-electron chi connectivity index (χ2n) is 10.2. The van der Waals surface area contributed by atoms with Crippen LogP contribution in [-0.4, -0.2) is 35.9 Å². The molecule has 1 fully saturated rings. The van der Waals surface area contributed by atoms with Crippen molar-refractivity contribution in [3.8, 4) is 11.5 Å². The van der Waals surface area contributed by atoms with E-state index < -0.39 is 21.8 Å². The highest BCUT2D eigenvalue weighted by molar-refractivity contribution is 7.91. The van der Waals surface area contributed by atoms with Gasteiger partial charge in [-0.05, 0) is 61.2 Å². The van der Waals surface area contributed by atoms with Crippen LogP contribution in [0.15, 0.2) is 65.6 Å². The fourth-order valence-electron chi connectivity index (χ4n) is 5.07. The van der Waals surface area contributed by atoms with Crippen LogP contribution in [0, 0.1) is 0 Å². The topological polar surface area (TPSA) is 99.5 Å². The first kappa shape index (κ1) is 27.1. The molecule has 0 saturated heterocycles. The van der Waals surface area contributed by atoms with Gasteiger partial charge in [0.25, 0.3) is 5.91 Å². The third-order valence-corrected chi connectivity index (χ3v) is 9.26. The number of ether oxygens (including phenoxy) is 2. The first-order chi connectivity index (χ1) is 19.5. The second-order valence-corrected chi connectivity index (χ2v) is 12.5. The third-order valence-electron chi connectivity index (χ3n) is 7.51. The molecule has 0 bridgehead atoms. The van der Waals surface area contributed by atoms with Gasteiger partial charge in [0.05, 0.1) is 28.2 Å². The van der Waals surface area contributed by atoms with Crippen LogP contribution in [0.5, 0.6) is 11.5 Å². The highest BCUT2D eigenvalue weighted by Crippen LogP contribution is 2.47. The minimum atomic E-state index is -3.79. The molecule has 0 unspecified atom stereocenters. The van der Waals surface area contributed by atoms with Crippen LogP contribution in [0.1, 0.15) is 53.5 Å². The highest BCUT2D eigenvalue weighted by atomic mass is 32.2. The number of benzene rings is 3. The lowest BCUT2D eigenvalue weighted by molar-refractivity contribution is -0.287. The van der Waals surface area contributed by atoms with E-state index in [-0.39, 0.29) is 59.8 Å². The van der Waals surface area contributed by atoms with Crippen molar-refractivity contribution in [2.24, 2.45) is 0 Å². The van der Waals surface area contributed by atoms with Gasteiger partial charge < -0.3 is 19.4 Å². The zero-order valence-electron chi connectivity index (χ0n) is 22.0. The molecule has 8 nitrogen and oxygen atoms in total. The maximum Gasteiger partial charge on any atom is 0.586 e. The predicted molar refractivity (Wildman–Crippen MR) is 143 cm³/mol. The van der Waals surface area contributed by atoms with E-state index in [0.29, 0.717) is 28.6 Å². The molecule has 3 aromatic carbocycles. The summed E-state index contributed by atoms with van der Waals surface area (Å²) in [6.07, 6.45) is -2.52. The van der Waals surface area contributed by atoms with E-state index in [1.54, 1.807) is 54.0 Å². The summed E-state index contributed by atoms with van der Waals surface area (Å²) in [7, 11) is -3.32. The number of sulfone groups is 1. The number of carbonyl (C=O) groups excluding carboxylic acids is 1. The quantitative estimate of drug-likeness (QED) is 0.294. The molecule has 4 aromatic rings. The molecule has 1 amide bonds. The molecule has 2 heterocycles. The van der Waals surface area contributed by atoms with E-state index in [2.05, 4.69) is 15.0 Å². The molecule has 1 aliphatic carbocycles. The molecular weight excluding hydrogens is 559 g/mol. The first-order valence-electron chi connectivity index (χ1n) is 13.2. The van der Waals surface area contributed by atoms with Gasteiger partial charge in [0.15, 0.2) is 27.0 Å². The third kappa shape index (κ3) is 5.01. The normalized spacial score (nSPS) is 16.9. The van der Waals surface area contributed by atoms with Gasteiger partial charge >= 0.3 is 6.29 Å². The van der Waals surface area contributed by atoms with Crippen LogP contribution >= 0.6 is 0 Å². The monoisotopic (exact) mass is 585 g/mol. The summed E-state index contributed by atoms with van der Waals surface area (Å²) < 4.78 is 78.3. The molecule has 6 rings (SSSR count). The van der Waals surface area contributed by atoms with Crippen molar-refractivity contribution in [2.45, 2.75) is 56.1 Å². The fraction of sp³-hybridized carbons (Fsp3) is 0.310. The van der Waals surface area contributed by atoms with E-state index in [1.165, 1.54) is 18.2 Å². The average Bonchev–Trinajstić information content (AvgIpc) is 3.46. The Morgan fingerprint density at radius 2 is 1.80 bits per heavy atom. The second kappa shape index (κ2) is 9.79. The van der Waals surface area contributed by atoms with Crippen molar-refractivity contribution in [1.82, 2.24) is 14.9 Å². The van der Waals surface area contributed by atoms with Gasteiger partial charge in [0.2, 0.25) is 0 Å². The number of nitrogens with zero attached hydrogens (tertiary/aromatic N) is 2. The Kier molecular flexibility index (Phi) is 6.48. The molecule has 41 heavy (non-hydrogen) atoms. The minimum Gasteiger partial charge on any atom is -0.395 e. The van der Waals surface area contributed by atoms with Crippen LogP contribution < -0.4 is 14.8 Å². The van der Waals surface area contributed by atoms with Gasteiger partial charge in [-0.2, -0.15) is 0 Å². The number of halogens is 3. The SMILES string of the molecule is CCS(=O)(=O)c1ccc(CNC(=O)c2ccc3c(c2)nc(C2(F)CCC2)n3Cc2cccc3c2OC(F)(F)O3)cc1. The van der Waals surface area contributed by atoms with E-state index in [4.69, 9.17) is 4.74 Å². The zero-order chi connectivity index (χ0) is 29.0. The lowest BCUT2D eigenvalue weighted by atomic mass is 9.81. The maximum absolute atomic E-state index is 15.8. The van der Waals surface area contributed by atoms with Crippen LogP contribution in [0.2, 0.25) is 0 Å². The Bertz CT molecular complexity index is 1770. The van der Waals surface area contributed by atoms with E-state index >= 15 is 4.39 Å². The molecular formula is C29H26F3N3O5S. The molecule has 1 aliphatic heterocycles. The summed E-state index contributed by atoms with van der Waals surface area (Å²) in [4.78, 5) is 17.7. The zero-order valence-corrected chi connectivity index (χ0v) is 22.8. The molecule has 2 aliphatic rings. The number of para-hydroxylation sites is 1. The largest absolute Gasteiger partial charge is 0.586 e. The molecule has 1 saturated carbocycles. The van der Waals surface area contributed by atoms with Gasteiger partial charge in [0.1, 0.15) is 5.82 Å². The van der Waals surface area contributed by atoms with E-state index in [0.717, 1.165) is 5.56 Å². The number of hydrogen-bond acceptors (Lipinski definition) is 6. The number of carbonyl (C=O) groups is 1. The number of hydrogen-bond donors (Lipinski definition) is 1. The average molecular weight is 586 g/mol. The summed E-state index contributed by atoms with van der Waals surface area (Å²) in [5, 5.41) is 2.80. The number of alkyl halides is 3. The molecule has 1 aromatic heterocycles. The van der Waals surface area contributed by atoms with Gasteiger partial charge in [-0.1, -0.05) is 31.2 Å². The number of fused-ring (bicyclic) bond motifs is 2. The van der Waals surface area contributed by atoms with E-state index in [9.17, 15) is 22.0 Å². The number of imidazole rings is 1. The van der Waals surface area contributed by atoms with Crippen molar-refractivity contribution < 1.29 is 35.9 Å². The lowest BCUT2D eigenvalue weighted by Gasteiger charge is -2.33. The summed E-state index contributed by atoms with van der Waals surface area (Å²) >= 11 is 0. The van der Waals surface area contributed by atoms with Gasteiger partial charge in [-0.15, -0.1) is 8.78 Å². The van der Waals surface area contributed by atoms with Gasteiger partial charge in [-0.25, -0.2) is 17.8 Å². The Balaban J connectivity index is 1.27. The number of aromatic nitrogens is 2. The van der Waals surface area contributed by atoms with Crippen molar-refractivity contribution in [3.63, 3.8) is 0 Å². The Morgan fingerprint density at radius 1 is 1.05 bits per heavy atom. The van der Waals surface area contributed by atoms with Crippen molar-refractivity contribution in [3.05, 3.63) is 83.2 Å². The molecule has 1 N–H and O–H groups in total. The number of rotatable bonds is 8. The summed E-state index contributed by atoms with van der Waals surface area (Å²) in [6, 6.07) is 15.7. The van der Waals surface area contributed by atoms with Crippen molar-refractivity contribution in [1.29, 1.82) is 0 Å². The van der Waals surface area contributed by atoms with E-state index in [1.807, 2.05) is 0 Å². The van der Waals surface area contributed by atoms with Crippen LogP contribution in [0.25, 0.3) is 11.0 Å². The maximum atomic E-state index is 15.8. The minimum absolute atomic E-state index is 0.00174. The van der Waals surface area contributed by atoms with Crippen LogP contribution in [0.3, 0.4) is 0 Å². The molecule has 12 heteroatoms. The number of nitrogens with one attached hydrogen (secondary N) is 1. The molecule has 0 atom stereocenters. The predicted octanol–water partition coefficient (Wildman–Crippen LogP) is 5.48.